The van der Waals surface area contributed by atoms with Crippen molar-refractivity contribution < 1.29 is 38.2 Å². The summed E-state index contributed by atoms with van der Waals surface area (Å²) in [5, 5.41) is 18.2. The third-order valence-corrected chi connectivity index (χ3v) is 9.67. The molecule has 0 saturated heterocycles. The zero-order valence-electron chi connectivity index (χ0n) is 33.5. The van der Waals surface area contributed by atoms with Gasteiger partial charge in [0, 0.05) is 42.8 Å². The summed E-state index contributed by atoms with van der Waals surface area (Å²) < 4.78 is 17.7. The normalized spacial score (nSPS) is 11.7. The fourth-order valence-electron chi connectivity index (χ4n) is 6.76. The number of ether oxygens (including phenoxy) is 2. The third kappa shape index (κ3) is 11.5. The van der Waals surface area contributed by atoms with Gasteiger partial charge >= 0.3 is 5.97 Å². The lowest BCUT2D eigenvalue weighted by molar-refractivity contribution is -0.131. The lowest BCUT2D eigenvalue weighted by atomic mass is 9.97. The van der Waals surface area contributed by atoms with Crippen LogP contribution in [0.5, 0.6) is 5.75 Å². The molecule has 1 aromatic heterocycles. The molecule has 6 rings (SSSR count). The van der Waals surface area contributed by atoms with Crippen molar-refractivity contribution in [3.05, 3.63) is 161 Å². The molecule has 0 radical (unpaired) electrons. The van der Waals surface area contributed by atoms with E-state index in [4.69, 9.17) is 13.9 Å². The number of hydrogen-bond acceptors (Lipinski definition) is 8. The van der Waals surface area contributed by atoms with Gasteiger partial charge in [-0.15, -0.1) is 0 Å². The molecule has 0 spiro atoms. The van der Waals surface area contributed by atoms with Gasteiger partial charge in [0.1, 0.15) is 29.2 Å². The highest BCUT2D eigenvalue weighted by molar-refractivity contribution is 6.10. The van der Waals surface area contributed by atoms with Crippen LogP contribution in [0.2, 0.25) is 0 Å². The van der Waals surface area contributed by atoms with Gasteiger partial charge in [0.15, 0.2) is 5.58 Å². The van der Waals surface area contributed by atoms with Gasteiger partial charge in [0.2, 0.25) is 17.7 Å². The molecule has 0 fully saturated rings. The lowest BCUT2D eigenvalue weighted by Gasteiger charge is -2.23. The number of hydrogen-bond donors (Lipinski definition) is 4. The first kappa shape index (κ1) is 42.4. The molecule has 5 aromatic carbocycles. The molecule has 0 saturated carbocycles. The molecule has 2 atom stereocenters. The van der Waals surface area contributed by atoms with Crippen molar-refractivity contribution in [2.45, 2.75) is 44.7 Å². The fourth-order valence-corrected chi connectivity index (χ4v) is 6.76. The van der Waals surface area contributed by atoms with E-state index in [0.29, 0.717) is 46.3 Å². The van der Waals surface area contributed by atoms with Crippen molar-refractivity contribution in [2.75, 3.05) is 26.9 Å². The van der Waals surface area contributed by atoms with Crippen molar-refractivity contribution >= 4 is 34.7 Å². The lowest BCUT2D eigenvalue weighted by Crippen LogP contribution is -2.55. The Morgan fingerprint density at radius 3 is 2.05 bits per heavy atom. The van der Waals surface area contributed by atoms with E-state index >= 15 is 0 Å². The Kier molecular flexibility index (Phi) is 14.9. The standard InChI is InChI=1S/C49H47N3O8/c1-33(54)51-43(31-36-15-8-4-9-16-36)48(56)52-42(47(55)50-26-27-53)32-37-29-39(23-20-34-13-6-3-7-14-34)45-41(30-37)44(46(60-45)38-18-10-5-11-19-38)49(57)59-28-12-17-35-21-24-40(58-2)25-22-35/h3-11,13-16,18-19,21-22,24-25,29-30,42-43,53H,12,17,26-28,31-32H2,1-2H3,(H,50,55)(H,51,54)(H,52,56)/t42-,43-/m0/s1. The Labute approximate surface area is 349 Å². The molecule has 0 aliphatic heterocycles. The van der Waals surface area contributed by atoms with Crippen molar-refractivity contribution in [1.29, 1.82) is 0 Å². The van der Waals surface area contributed by atoms with E-state index in [0.717, 1.165) is 22.4 Å². The van der Waals surface area contributed by atoms with Gasteiger partial charge in [-0.1, -0.05) is 103 Å². The van der Waals surface area contributed by atoms with Crippen molar-refractivity contribution in [2.24, 2.45) is 0 Å². The van der Waals surface area contributed by atoms with E-state index in [9.17, 15) is 24.3 Å². The summed E-state index contributed by atoms with van der Waals surface area (Å²) in [6.07, 6.45) is 1.39. The Morgan fingerprint density at radius 1 is 0.733 bits per heavy atom. The average molecular weight is 806 g/mol. The number of aliphatic hydroxyl groups is 1. The first-order valence-corrected chi connectivity index (χ1v) is 19.7. The summed E-state index contributed by atoms with van der Waals surface area (Å²) in [4.78, 5) is 54.0. The van der Waals surface area contributed by atoms with Crippen molar-refractivity contribution in [3.8, 4) is 28.9 Å². The van der Waals surface area contributed by atoms with Gasteiger partial charge in [-0.2, -0.15) is 0 Å². The quantitative estimate of drug-likeness (QED) is 0.0484. The van der Waals surface area contributed by atoms with Crippen LogP contribution in [0.15, 0.2) is 132 Å². The maximum atomic E-state index is 14.2. The highest BCUT2D eigenvalue weighted by atomic mass is 16.5. The van der Waals surface area contributed by atoms with Crippen LogP contribution in [-0.2, 0) is 38.4 Å². The number of rotatable bonds is 17. The number of benzene rings is 5. The number of nitrogens with one attached hydrogen (secondary N) is 3. The molecule has 11 heteroatoms. The number of aryl methyl sites for hydroxylation is 1. The van der Waals surface area contributed by atoms with E-state index in [1.165, 1.54) is 6.92 Å². The first-order valence-electron chi connectivity index (χ1n) is 19.7. The van der Waals surface area contributed by atoms with Crippen LogP contribution >= 0.6 is 0 Å². The Bertz CT molecular complexity index is 2460. The summed E-state index contributed by atoms with van der Waals surface area (Å²) in [5.74, 6) is 5.35. The second-order valence-electron chi connectivity index (χ2n) is 14.1. The number of amides is 3. The molecule has 0 unspecified atom stereocenters. The van der Waals surface area contributed by atoms with Crippen LogP contribution in [-0.4, -0.2) is 67.7 Å². The predicted octanol–water partition coefficient (Wildman–Crippen LogP) is 6.18. The van der Waals surface area contributed by atoms with Gasteiger partial charge in [-0.05, 0) is 65.9 Å². The number of methoxy groups -OCH3 is 1. The Hall–Kier alpha value is -7.16. The summed E-state index contributed by atoms with van der Waals surface area (Å²) in [5.41, 5.74) is 4.84. The largest absolute Gasteiger partial charge is 0.497 e. The second-order valence-corrected chi connectivity index (χ2v) is 14.1. The van der Waals surface area contributed by atoms with Crippen LogP contribution < -0.4 is 20.7 Å². The molecule has 60 heavy (non-hydrogen) atoms. The van der Waals surface area contributed by atoms with Gasteiger partial charge in [0.25, 0.3) is 0 Å². The predicted molar refractivity (Wildman–Crippen MR) is 229 cm³/mol. The zero-order valence-corrected chi connectivity index (χ0v) is 33.5. The summed E-state index contributed by atoms with van der Waals surface area (Å²) >= 11 is 0. The first-order chi connectivity index (χ1) is 29.2. The monoisotopic (exact) mass is 805 g/mol. The topological polar surface area (TPSA) is 156 Å². The molecule has 0 aliphatic carbocycles. The number of aliphatic hydroxyl groups excluding tert-OH is 1. The van der Waals surface area contributed by atoms with Gasteiger partial charge < -0.3 is 34.9 Å². The Morgan fingerprint density at radius 2 is 1.38 bits per heavy atom. The van der Waals surface area contributed by atoms with E-state index < -0.39 is 35.8 Å². The third-order valence-electron chi connectivity index (χ3n) is 9.67. The minimum atomic E-state index is -1.16. The van der Waals surface area contributed by atoms with E-state index in [2.05, 4.69) is 27.8 Å². The number of carbonyl (C=O) groups excluding carboxylic acids is 4. The van der Waals surface area contributed by atoms with Crippen LogP contribution in [0.25, 0.3) is 22.3 Å². The highest BCUT2D eigenvalue weighted by Crippen LogP contribution is 2.37. The van der Waals surface area contributed by atoms with Gasteiger partial charge in [-0.25, -0.2) is 4.79 Å². The molecule has 11 nitrogen and oxygen atoms in total. The minimum absolute atomic E-state index is 0.0424. The van der Waals surface area contributed by atoms with Crippen LogP contribution in [0.3, 0.4) is 0 Å². The molecular formula is C49H47N3O8. The SMILES string of the molecule is COc1ccc(CCCOC(=O)c2c(-c3ccccc3)oc3c(C#Cc4ccccc4)cc(C[C@H](NC(=O)[C@H](Cc4ccccc4)NC(C)=O)C(=O)NCCO)cc23)cc1. The van der Waals surface area contributed by atoms with E-state index in [1.54, 1.807) is 19.2 Å². The van der Waals surface area contributed by atoms with Crippen LogP contribution in [0.1, 0.15) is 51.5 Å². The van der Waals surface area contributed by atoms with Crippen LogP contribution in [0.4, 0.5) is 0 Å². The molecule has 0 aliphatic rings. The number of fused-ring (bicyclic) bond motifs is 1. The maximum Gasteiger partial charge on any atom is 0.342 e. The molecule has 4 N–H and O–H groups in total. The zero-order chi connectivity index (χ0) is 42.3. The smallest absolute Gasteiger partial charge is 0.342 e. The average Bonchev–Trinajstić information content (AvgIpc) is 3.66. The maximum absolute atomic E-state index is 14.2. The number of furan rings is 1. The second kappa shape index (κ2) is 21.0. The molecular weight excluding hydrogens is 759 g/mol. The van der Waals surface area contributed by atoms with Crippen molar-refractivity contribution in [3.63, 3.8) is 0 Å². The van der Waals surface area contributed by atoms with E-state index in [-0.39, 0.29) is 38.2 Å². The molecule has 0 bridgehead atoms. The molecule has 306 valence electrons. The molecule has 1 heterocycles. The van der Waals surface area contributed by atoms with Crippen LogP contribution in [0, 0.1) is 11.8 Å². The van der Waals surface area contributed by atoms with Crippen molar-refractivity contribution in [1.82, 2.24) is 16.0 Å². The highest BCUT2D eigenvalue weighted by Gasteiger charge is 2.29. The molecule has 3 amide bonds. The molecule has 6 aromatic rings. The van der Waals surface area contributed by atoms with Gasteiger partial charge in [-0.3, -0.25) is 14.4 Å². The summed E-state index contributed by atoms with van der Waals surface area (Å²) in [6, 6.07) is 37.0. The van der Waals surface area contributed by atoms with E-state index in [1.807, 2.05) is 115 Å². The summed E-state index contributed by atoms with van der Waals surface area (Å²) in [6.45, 7) is 1.10. The summed E-state index contributed by atoms with van der Waals surface area (Å²) in [7, 11) is 1.62. The fraction of sp³-hybridized carbons (Fsp3) is 0.224. The Balaban J connectivity index is 1.39. The number of esters is 1. The van der Waals surface area contributed by atoms with Gasteiger partial charge in [0.05, 0.1) is 25.9 Å². The number of carbonyl (C=O) groups is 4. The minimum Gasteiger partial charge on any atom is -0.497 e.